The molecule has 1 rings (SSSR count). The summed E-state index contributed by atoms with van der Waals surface area (Å²) in [6.07, 6.45) is 4.98. The molecular weight excluding hydrogens is 316 g/mol. The number of halogens is 2. The van der Waals surface area contributed by atoms with Crippen LogP contribution in [0, 0.1) is 5.92 Å². The van der Waals surface area contributed by atoms with Gasteiger partial charge in [-0.1, -0.05) is 19.9 Å². The van der Waals surface area contributed by atoms with Crippen molar-refractivity contribution in [2.75, 3.05) is 7.11 Å². The lowest BCUT2D eigenvalue weighted by atomic mass is 10.0. The van der Waals surface area contributed by atoms with Crippen molar-refractivity contribution in [2.24, 2.45) is 5.92 Å². The molecule has 0 saturated carbocycles. The molecule has 134 valence electrons. The number of ether oxygens (including phenoxy) is 2. The van der Waals surface area contributed by atoms with E-state index in [-0.39, 0.29) is 23.4 Å². The predicted octanol–water partition coefficient (Wildman–Crippen LogP) is 4.25. The van der Waals surface area contributed by atoms with E-state index in [1.54, 1.807) is 12.1 Å². The highest BCUT2D eigenvalue weighted by atomic mass is 19.3. The van der Waals surface area contributed by atoms with Crippen LogP contribution in [0.1, 0.15) is 39.2 Å². The van der Waals surface area contributed by atoms with Gasteiger partial charge in [-0.15, -0.1) is 0 Å². The van der Waals surface area contributed by atoms with Crippen LogP contribution in [0.5, 0.6) is 11.5 Å². The lowest BCUT2D eigenvalue weighted by Gasteiger charge is -2.13. The van der Waals surface area contributed by atoms with Gasteiger partial charge in [0.05, 0.1) is 7.11 Å². The molecule has 0 heterocycles. The first kappa shape index (κ1) is 19.9. The normalized spacial score (nSPS) is 12.7. The number of carbonyl (C=O) groups is 1. The van der Waals surface area contributed by atoms with Crippen molar-refractivity contribution < 1.29 is 23.0 Å². The molecule has 1 N–H and O–H groups in total. The standard InChI is InChI=1S/C18H25F2NO3/c1-12(2)5-6-13(3)21-17(22)10-8-14-7-9-15(24-18(19)20)16(11-14)23-4/h7-13,18H,5-6H2,1-4H3,(H,21,22)/b10-8+. The molecule has 0 aromatic heterocycles. The average Bonchev–Trinajstić information content (AvgIpc) is 2.51. The van der Waals surface area contributed by atoms with E-state index in [1.165, 1.54) is 25.3 Å². The highest BCUT2D eigenvalue weighted by Crippen LogP contribution is 2.29. The first-order valence-corrected chi connectivity index (χ1v) is 7.93. The van der Waals surface area contributed by atoms with Gasteiger partial charge in [0, 0.05) is 12.1 Å². The van der Waals surface area contributed by atoms with E-state index >= 15 is 0 Å². The van der Waals surface area contributed by atoms with Crippen LogP contribution in [-0.2, 0) is 4.79 Å². The summed E-state index contributed by atoms with van der Waals surface area (Å²) in [5.41, 5.74) is 0.651. The molecule has 24 heavy (non-hydrogen) atoms. The van der Waals surface area contributed by atoms with Crippen molar-refractivity contribution in [3.8, 4) is 11.5 Å². The Labute approximate surface area is 141 Å². The van der Waals surface area contributed by atoms with E-state index in [4.69, 9.17) is 4.74 Å². The van der Waals surface area contributed by atoms with Crippen molar-refractivity contribution in [1.29, 1.82) is 0 Å². The second-order valence-electron chi connectivity index (χ2n) is 6.00. The summed E-state index contributed by atoms with van der Waals surface area (Å²) in [6.45, 7) is 3.33. The fraction of sp³-hybridized carbons (Fsp3) is 0.500. The topological polar surface area (TPSA) is 47.6 Å². The van der Waals surface area contributed by atoms with Crippen molar-refractivity contribution in [3.05, 3.63) is 29.8 Å². The fourth-order valence-electron chi connectivity index (χ4n) is 2.10. The van der Waals surface area contributed by atoms with Crippen LogP contribution in [0.2, 0.25) is 0 Å². The zero-order valence-corrected chi connectivity index (χ0v) is 14.5. The third-order valence-corrected chi connectivity index (χ3v) is 3.40. The van der Waals surface area contributed by atoms with Crippen LogP contribution in [0.25, 0.3) is 6.08 Å². The van der Waals surface area contributed by atoms with Crippen molar-refractivity contribution in [3.63, 3.8) is 0 Å². The van der Waals surface area contributed by atoms with E-state index in [0.29, 0.717) is 11.5 Å². The number of benzene rings is 1. The number of hydrogen-bond acceptors (Lipinski definition) is 3. The molecule has 0 bridgehead atoms. The van der Waals surface area contributed by atoms with Gasteiger partial charge in [-0.05, 0) is 49.5 Å². The molecule has 0 saturated heterocycles. The summed E-state index contributed by atoms with van der Waals surface area (Å²) in [5.74, 6) is 0.541. The summed E-state index contributed by atoms with van der Waals surface area (Å²) in [7, 11) is 1.37. The third kappa shape index (κ3) is 7.44. The second kappa shape index (κ2) is 9.90. The number of amides is 1. The molecule has 0 radical (unpaired) electrons. The van der Waals surface area contributed by atoms with Crippen molar-refractivity contribution >= 4 is 12.0 Å². The van der Waals surface area contributed by atoms with E-state index in [0.717, 1.165) is 12.8 Å². The maximum Gasteiger partial charge on any atom is 0.387 e. The van der Waals surface area contributed by atoms with Crippen molar-refractivity contribution in [1.82, 2.24) is 5.32 Å². The maximum atomic E-state index is 12.3. The van der Waals surface area contributed by atoms with Gasteiger partial charge in [0.25, 0.3) is 0 Å². The number of hydrogen-bond donors (Lipinski definition) is 1. The van der Waals surface area contributed by atoms with Gasteiger partial charge in [0.1, 0.15) is 0 Å². The summed E-state index contributed by atoms with van der Waals surface area (Å²) in [4.78, 5) is 11.9. The van der Waals surface area contributed by atoms with E-state index in [9.17, 15) is 13.6 Å². The third-order valence-electron chi connectivity index (χ3n) is 3.40. The van der Waals surface area contributed by atoms with Gasteiger partial charge in [0.15, 0.2) is 11.5 Å². The Morgan fingerprint density at radius 1 is 1.21 bits per heavy atom. The summed E-state index contributed by atoms with van der Waals surface area (Å²) in [6, 6.07) is 4.59. The molecule has 1 unspecified atom stereocenters. The molecular formula is C18H25F2NO3. The Balaban J connectivity index is 2.64. The lowest BCUT2D eigenvalue weighted by molar-refractivity contribution is -0.117. The smallest absolute Gasteiger partial charge is 0.387 e. The van der Waals surface area contributed by atoms with Crippen LogP contribution in [0.4, 0.5) is 8.78 Å². The molecule has 1 aromatic rings. The van der Waals surface area contributed by atoms with E-state index in [2.05, 4.69) is 23.9 Å². The number of alkyl halides is 2. The first-order chi connectivity index (χ1) is 11.3. The molecule has 0 aliphatic rings. The quantitative estimate of drug-likeness (QED) is 0.683. The summed E-state index contributed by atoms with van der Waals surface area (Å²) in [5, 5.41) is 2.89. The molecule has 1 aromatic carbocycles. The molecule has 0 aliphatic carbocycles. The van der Waals surface area contributed by atoms with Gasteiger partial charge in [-0.2, -0.15) is 8.78 Å². The van der Waals surface area contributed by atoms with Gasteiger partial charge >= 0.3 is 6.61 Å². The van der Waals surface area contributed by atoms with Gasteiger partial charge in [-0.3, -0.25) is 4.79 Å². The molecule has 0 spiro atoms. The predicted molar refractivity (Wildman–Crippen MR) is 90.3 cm³/mol. The van der Waals surface area contributed by atoms with Crippen LogP contribution in [0.15, 0.2) is 24.3 Å². The van der Waals surface area contributed by atoms with Crippen LogP contribution in [-0.4, -0.2) is 25.7 Å². The van der Waals surface area contributed by atoms with E-state index < -0.39 is 6.61 Å². The average molecular weight is 341 g/mol. The molecule has 0 aliphatic heterocycles. The Kier molecular flexibility index (Phi) is 8.22. The fourth-order valence-corrected chi connectivity index (χ4v) is 2.10. The van der Waals surface area contributed by atoms with Crippen LogP contribution < -0.4 is 14.8 Å². The highest BCUT2D eigenvalue weighted by molar-refractivity contribution is 5.91. The summed E-state index contributed by atoms with van der Waals surface area (Å²) >= 11 is 0. The minimum absolute atomic E-state index is 0.0450. The van der Waals surface area contributed by atoms with Crippen molar-refractivity contribution in [2.45, 2.75) is 46.3 Å². The van der Waals surface area contributed by atoms with Crippen LogP contribution >= 0.6 is 0 Å². The van der Waals surface area contributed by atoms with Crippen LogP contribution in [0.3, 0.4) is 0 Å². The Hall–Kier alpha value is -2.11. The molecule has 1 amide bonds. The van der Waals surface area contributed by atoms with Gasteiger partial charge in [-0.25, -0.2) is 0 Å². The van der Waals surface area contributed by atoms with Gasteiger partial charge in [0.2, 0.25) is 5.91 Å². The minimum Gasteiger partial charge on any atom is -0.493 e. The lowest BCUT2D eigenvalue weighted by Crippen LogP contribution is -2.31. The highest BCUT2D eigenvalue weighted by Gasteiger charge is 2.10. The Morgan fingerprint density at radius 3 is 2.50 bits per heavy atom. The number of rotatable bonds is 9. The molecule has 4 nitrogen and oxygen atoms in total. The molecule has 0 fully saturated rings. The van der Waals surface area contributed by atoms with Gasteiger partial charge < -0.3 is 14.8 Å². The SMILES string of the molecule is COc1cc(/C=C/C(=O)NC(C)CCC(C)C)ccc1OC(F)F. The monoisotopic (exact) mass is 341 g/mol. The second-order valence-corrected chi connectivity index (χ2v) is 6.00. The number of nitrogens with one attached hydrogen (secondary N) is 1. The number of methoxy groups -OCH3 is 1. The zero-order chi connectivity index (χ0) is 18.1. The number of carbonyl (C=O) groups excluding carboxylic acids is 1. The molecule has 1 atom stereocenters. The molecule has 6 heteroatoms. The minimum atomic E-state index is -2.92. The maximum absolute atomic E-state index is 12.3. The van der Waals surface area contributed by atoms with E-state index in [1.807, 2.05) is 6.92 Å². The Morgan fingerprint density at radius 2 is 1.92 bits per heavy atom. The first-order valence-electron chi connectivity index (χ1n) is 7.93. The largest absolute Gasteiger partial charge is 0.493 e. The summed E-state index contributed by atoms with van der Waals surface area (Å²) < 4.78 is 33.9. The zero-order valence-electron chi connectivity index (χ0n) is 14.5. The Bertz CT molecular complexity index is 559.